The smallest absolute Gasteiger partial charge is 0.276 e. The molecule has 0 spiro atoms. The molecule has 0 aliphatic carbocycles. The lowest BCUT2D eigenvalue weighted by Crippen LogP contribution is -2.29. The van der Waals surface area contributed by atoms with Crippen LogP contribution in [0.25, 0.3) is 6.08 Å². The van der Waals surface area contributed by atoms with Crippen molar-refractivity contribution >= 4 is 57.6 Å². The van der Waals surface area contributed by atoms with E-state index in [1.165, 1.54) is 4.90 Å². The van der Waals surface area contributed by atoms with Crippen LogP contribution in [0, 0.1) is 10.5 Å². The number of aryl methyl sites for hydroxylation is 1. The van der Waals surface area contributed by atoms with Gasteiger partial charge < -0.3 is 9.47 Å². The number of methoxy groups -OCH3 is 1. The van der Waals surface area contributed by atoms with E-state index in [0.29, 0.717) is 23.2 Å². The number of anilines is 1. The van der Waals surface area contributed by atoms with E-state index in [1.807, 2.05) is 54.3 Å². The van der Waals surface area contributed by atoms with Gasteiger partial charge in [0.05, 0.1) is 17.3 Å². The Balaban J connectivity index is 2.02. The summed E-state index contributed by atoms with van der Waals surface area (Å²) >= 11 is 7.79. The van der Waals surface area contributed by atoms with Crippen LogP contribution >= 0.6 is 34.8 Å². The van der Waals surface area contributed by atoms with E-state index in [-0.39, 0.29) is 5.91 Å². The molecule has 0 aromatic heterocycles. The highest BCUT2D eigenvalue weighted by molar-refractivity contribution is 14.1. The highest BCUT2D eigenvalue weighted by Crippen LogP contribution is 2.36. The molecule has 0 saturated carbocycles. The maximum Gasteiger partial charge on any atom is 0.276 e. The number of carbonyl (C=O) groups is 1. The van der Waals surface area contributed by atoms with Crippen LogP contribution in [-0.4, -0.2) is 36.7 Å². The number of amides is 1. The molecular weight excluding hydrogens is 511 g/mol. The SMILES string of the molecule is CCCCOc1c(I)cc(/C=C2\C(=O)N(C)C(=S)N2c2ccc(C)cc2)cc1OC. The van der Waals surface area contributed by atoms with Crippen LogP contribution in [0.4, 0.5) is 5.69 Å². The zero-order valence-electron chi connectivity index (χ0n) is 17.6. The predicted octanol–water partition coefficient (Wildman–Crippen LogP) is 5.39. The van der Waals surface area contributed by atoms with E-state index < -0.39 is 0 Å². The number of unbranched alkanes of at least 4 members (excludes halogenated alkanes) is 1. The molecule has 1 fully saturated rings. The van der Waals surface area contributed by atoms with Gasteiger partial charge in [0.2, 0.25) is 0 Å². The number of hydrogen-bond donors (Lipinski definition) is 0. The number of rotatable bonds is 7. The van der Waals surface area contributed by atoms with Crippen LogP contribution in [0.3, 0.4) is 0 Å². The Bertz CT molecular complexity index is 989. The third-order valence-electron chi connectivity index (χ3n) is 4.83. The van der Waals surface area contributed by atoms with Gasteiger partial charge >= 0.3 is 0 Å². The Labute approximate surface area is 196 Å². The normalized spacial score (nSPS) is 15.3. The fourth-order valence-electron chi connectivity index (χ4n) is 3.12. The maximum absolute atomic E-state index is 12.9. The minimum atomic E-state index is -0.141. The third-order valence-corrected chi connectivity index (χ3v) is 6.09. The van der Waals surface area contributed by atoms with Gasteiger partial charge in [0.15, 0.2) is 16.6 Å². The summed E-state index contributed by atoms with van der Waals surface area (Å²) in [6.45, 7) is 4.79. The van der Waals surface area contributed by atoms with Gasteiger partial charge in [-0.25, -0.2) is 0 Å². The zero-order valence-corrected chi connectivity index (χ0v) is 20.5. The summed E-state index contributed by atoms with van der Waals surface area (Å²) in [4.78, 5) is 16.2. The van der Waals surface area contributed by atoms with Crippen molar-refractivity contribution in [2.75, 3.05) is 25.7 Å². The lowest BCUT2D eigenvalue weighted by molar-refractivity contribution is -0.121. The van der Waals surface area contributed by atoms with E-state index in [2.05, 4.69) is 29.5 Å². The first-order valence-corrected chi connectivity index (χ1v) is 11.3. The number of ether oxygens (including phenoxy) is 2. The molecule has 0 radical (unpaired) electrons. The largest absolute Gasteiger partial charge is 0.493 e. The van der Waals surface area contributed by atoms with Gasteiger partial charge in [0.1, 0.15) is 5.70 Å². The Morgan fingerprint density at radius 3 is 2.53 bits per heavy atom. The van der Waals surface area contributed by atoms with Crippen LogP contribution < -0.4 is 14.4 Å². The predicted molar refractivity (Wildman–Crippen MR) is 133 cm³/mol. The molecule has 158 valence electrons. The molecular formula is C23H25IN2O3S. The summed E-state index contributed by atoms with van der Waals surface area (Å²) in [6, 6.07) is 11.8. The van der Waals surface area contributed by atoms with Crippen LogP contribution in [0.15, 0.2) is 42.1 Å². The molecule has 3 rings (SSSR count). The van der Waals surface area contributed by atoms with Crippen molar-refractivity contribution in [2.45, 2.75) is 26.7 Å². The molecule has 0 bridgehead atoms. The number of halogens is 1. The van der Waals surface area contributed by atoms with Crippen molar-refractivity contribution in [2.24, 2.45) is 0 Å². The quantitative estimate of drug-likeness (QED) is 0.206. The molecule has 7 heteroatoms. The maximum atomic E-state index is 12.9. The van der Waals surface area contributed by atoms with Crippen molar-refractivity contribution < 1.29 is 14.3 Å². The van der Waals surface area contributed by atoms with E-state index in [9.17, 15) is 4.79 Å². The summed E-state index contributed by atoms with van der Waals surface area (Å²) < 4.78 is 12.4. The topological polar surface area (TPSA) is 42.0 Å². The first-order chi connectivity index (χ1) is 14.4. The molecule has 0 N–H and O–H groups in total. The first kappa shape index (κ1) is 22.6. The third kappa shape index (κ3) is 4.62. The van der Waals surface area contributed by atoms with Crippen LogP contribution in [-0.2, 0) is 4.79 Å². The minimum Gasteiger partial charge on any atom is -0.493 e. The number of hydrogen-bond acceptors (Lipinski definition) is 4. The van der Waals surface area contributed by atoms with Crippen LogP contribution in [0.5, 0.6) is 11.5 Å². The minimum absolute atomic E-state index is 0.141. The van der Waals surface area contributed by atoms with Gasteiger partial charge in [0.25, 0.3) is 5.91 Å². The molecule has 0 unspecified atom stereocenters. The summed E-state index contributed by atoms with van der Waals surface area (Å²) in [5.41, 5.74) is 3.35. The molecule has 30 heavy (non-hydrogen) atoms. The van der Waals surface area contributed by atoms with Crippen molar-refractivity contribution in [3.63, 3.8) is 0 Å². The summed E-state index contributed by atoms with van der Waals surface area (Å²) in [5, 5.41) is 0.455. The molecule has 1 heterocycles. The van der Waals surface area contributed by atoms with Gasteiger partial charge in [-0.3, -0.25) is 14.6 Å². The number of thiocarbonyl (C=S) groups is 1. The van der Waals surface area contributed by atoms with E-state index in [4.69, 9.17) is 21.7 Å². The summed E-state index contributed by atoms with van der Waals surface area (Å²) in [7, 11) is 3.32. The Morgan fingerprint density at radius 2 is 1.90 bits per heavy atom. The standard InChI is InChI=1S/C23H25IN2O3S/c1-5-6-11-29-21-18(24)12-16(14-20(21)28-4)13-19-22(27)25(3)23(30)26(19)17-9-7-15(2)8-10-17/h7-10,12-14H,5-6,11H2,1-4H3/b19-13+. The summed E-state index contributed by atoms with van der Waals surface area (Å²) in [5.74, 6) is 1.24. The molecule has 2 aromatic carbocycles. The number of carbonyl (C=O) groups excluding carboxylic acids is 1. The second-order valence-corrected chi connectivity index (χ2v) is 8.61. The molecule has 1 amide bonds. The fourth-order valence-corrected chi connectivity index (χ4v) is 4.18. The summed E-state index contributed by atoms with van der Waals surface area (Å²) in [6.07, 6.45) is 3.89. The molecule has 1 aliphatic rings. The van der Waals surface area contributed by atoms with Gasteiger partial charge in [-0.05, 0) is 84.1 Å². The zero-order chi connectivity index (χ0) is 21.8. The Hall–Kier alpha value is -2.13. The highest BCUT2D eigenvalue weighted by Gasteiger charge is 2.36. The van der Waals surface area contributed by atoms with Gasteiger partial charge in [0, 0.05) is 12.7 Å². The number of likely N-dealkylation sites (N-methyl/N-ethyl adjacent to an activating group) is 1. The van der Waals surface area contributed by atoms with E-state index in [0.717, 1.165) is 39.0 Å². The van der Waals surface area contributed by atoms with Crippen molar-refractivity contribution in [1.82, 2.24) is 4.90 Å². The van der Waals surface area contributed by atoms with Crippen molar-refractivity contribution in [3.05, 3.63) is 56.8 Å². The molecule has 1 saturated heterocycles. The average Bonchev–Trinajstić information content (AvgIpc) is 2.94. The monoisotopic (exact) mass is 536 g/mol. The van der Waals surface area contributed by atoms with Crippen LogP contribution in [0.2, 0.25) is 0 Å². The second kappa shape index (κ2) is 9.78. The first-order valence-electron chi connectivity index (χ1n) is 9.78. The fraction of sp³-hybridized carbons (Fsp3) is 0.304. The van der Waals surface area contributed by atoms with Gasteiger partial charge in [-0.15, -0.1) is 0 Å². The molecule has 2 aromatic rings. The van der Waals surface area contributed by atoms with Crippen molar-refractivity contribution in [3.8, 4) is 11.5 Å². The average molecular weight is 536 g/mol. The second-order valence-electron chi connectivity index (χ2n) is 7.08. The Kier molecular flexibility index (Phi) is 7.36. The molecule has 1 aliphatic heterocycles. The number of benzene rings is 2. The molecule has 0 atom stereocenters. The van der Waals surface area contributed by atoms with Gasteiger partial charge in [-0.1, -0.05) is 31.0 Å². The van der Waals surface area contributed by atoms with E-state index >= 15 is 0 Å². The van der Waals surface area contributed by atoms with Crippen LogP contribution in [0.1, 0.15) is 30.9 Å². The van der Waals surface area contributed by atoms with Gasteiger partial charge in [-0.2, -0.15) is 0 Å². The van der Waals surface area contributed by atoms with Crippen molar-refractivity contribution in [1.29, 1.82) is 0 Å². The number of nitrogens with zero attached hydrogens (tertiary/aromatic N) is 2. The highest BCUT2D eigenvalue weighted by atomic mass is 127. The molecule has 5 nitrogen and oxygen atoms in total. The Morgan fingerprint density at radius 1 is 1.20 bits per heavy atom. The van der Waals surface area contributed by atoms with E-state index in [1.54, 1.807) is 14.2 Å². The lowest BCUT2D eigenvalue weighted by atomic mass is 10.1. The lowest BCUT2D eigenvalue weighted by Gasteiger charge is -2.19.